The molecule has 2 saturated heterocycles. The van der Waals surface area contributed by atoms with Crippen LogP contribution in [-0.4, -0.2) is 49.3 Å². The van der Waals surface area contributed by atoms with E-state index in [1.807, 2.05) is 0 Å². The highest BCUT2D eigenvalue weighted by Crippen LogP contribution is 2.15. The van der Waals surface area contributed by atoms with Gasteiger partial charge in [-0.05, 0) is 45.1 Å². The van der Waals surface area contributed by atoms with Crippen LogP contribution in [0.5, 0.6) is 0 Å². The van der Waals surface area contributed by atoms with Gasteiger partial charge in [0.25, 0.3) is 0 Å². The van der Waals surface area contributed by atoms with E-state index in [1.165, 1.54) is 19.3 Å². The summed E-state index contributed by atoms with van der Waals surface area (Å²) in [6.45, 7) is 3.52. The minimum atomic E-state index is -0.288. The van der Waals surface area contributed by atoms with Crippen LogP contribution in [0.4, 0.5) is 4.79 Å². The molecule has 0 aliphatic carbocycles. The summed E-state index contributed by atoms with van der Waals surface area (Å²) in [6, 6.07) is 0.244. The fourth-order valence-corrected chi connectivity index (χ4v) is 2.79. The van der Waals surface area contributed by atoms with E-state index in [4.69, 9.17) is 10.5 Å². The summed E-state index contributed by atoms with van der Waals surface area (Å²) < 4.78 is 5.71. The third-order valence-electron chi connectivity index (χ3n) is 3.98. The van der Waals surface area contributed by atoms with Crippen LogP contribution in [0.2, 0.25) is 0 Å². The number of likely N-dealkylation sites (tertiary alicyclic amines) is 1. The predicted octanol–water partition coefficient (Wildman–Crippen LogP) is 1.08. The Morgan fingerprint density at radius 2 is 2.06 bits per heavy atom. The molecule has 104 valence electrons. The van der Waals surface area contributed by atoms with Crippen LogP contribution < -0.4 is 11.1 Å². The number of hydrogen-bond acceptors (Lipinski definition) is 3. The Morgan fingerprint density at radius 1 is 1.28 bits per heavy atom. The molecule has 2 amide bonds. The number of rotatable bonds is 4. The van der Waals surface area contributed by atoms with Crippen molar-refractivity contribution in [2.75, 3.05) is 26.2 Å². The number of primary amides is 1. The van der Waals surface area contributed by atoms with E-state index in [0.29, 0.717) is 12.1 Å². The van der Waals surface area contributed by atoms with Crippen molar-refractivity contribution in [3.63, 3.8) is 0 Å². The third kappa shape index (κ3) is 4.14. The first-order valence-corrected chi connectivity index (χ1v) is 7.15. The van der Waals surface area contributed by atoms with Crippen LogP contribution in [0.15, 0.2) is 0 Å². The van der Waals surface area contributed by atoms with Crippen molar-refractivity contribution in [2.24, 2.45) is 5.73 Å². The zero-order valence-electron chi connectivity index (χ0n) is 11.1. The van der Waals surface area contributed by atoms with E-state index in [0.717, 1.165) is 45.5 Å². The molecule has 5 nitrogen and oxygen atoms in total. The maximum absolute atomic E-state index is 11.0. The standard InChI is InChI=1S/C13H25N3O2/c14-13(17)16-8-5-11(6-9-16)15-7-4-12-3-1-2-10-18-12/h11-12,15H,1-10H2,(H2,14,17). The van der Waals surface area contributed by atoms with Gasteiger partial charge in [-0.3, -0.25) is 0 Å². The molecule has 5 heteroatoms. The molecule has 0 radical (unpaired) electrons. The lowest BCUT2D eigenvalue weighted by Crippen LogP contribution is -2.47. The van der Waals surface area contributed by atoms with Gasteiger partial charge in [0.2, 0.25) is 0 Å². The van der Waals surface area contributed by atoms with E-state index in [9.17, 15) is 4.79 Å². The van der Waals surface area contributed by atoms with Crippen LogP contribution in [0, 0.1) is 0 Å². The highest BCUT2D eigenvalue weighted by molar-refractivity contribution is 5.72. The molecular formula is C13H25N3O2. The van der Waals surface area contributed by atoms with E-state index in [-0.39, 0.29) is 6.03 Å². The van der Waals surface area contributed by atoms with Crippen molar-refractivity contribution in [1.29, 1.82) is 0 Å². The predicted molar refractivity (Wildman–Crippen MR) is 70.4 cm³/mol. The Labute approximate surface area is 109 Å². The molecule has 0 aromatic heterocycles. The van der Waals surface area contributed by atoms with Gasteiger partial charge < -0.3 is 20.7 Å². The van der Waals surface area contributed by atoms with Gasteiger partial charge in [0.05, 0.1) is 6.10 Å². The van der Waals surface area contributed by atoms with Gasteiger partial charge in [-0.15, -0.1) is 0 Å². The van der Waals surface area contributed by atoms with Crippen LogP contribution in [0.25, 0.3) is 0 Å². The summed E-state index contributed by atoms with van der Waals surface area (Å²) in [5, 5.41) is 3.57. The lowest BCUT2D eigenvalue weighted by atomic mass is 10.0. The normalized spacial score (nSPS) is 26.2. The Balaban J connectivity index is 1.56. The molecule has 3 N–H and O–H groups in total. The maximum atomic E-state index is 11.0. The second-order valence-electron chi connectivity index (χ2n) is 5.33. The number of carbonyl (C=O) groups is 1. The highest BCUT2D eigenvalue weighted by Gasteiger charge is 2.21. The molecule has 0 aromatic rings. The molecule has 2 fully saturated rings. The molecular weight excluding hydrogens is 230 g/mol. The lowest BCUT2D eigenvalue weighted by Gasteiger charge is -2.31. The summed E-state index contributed by atoms with van der Waals surface area (Å²) in [7, 11) is 0. The molecule has 1 atom stereocenters. The molecule has 2 aliphatic heterocycles. The smallest absolute Gasteiger partial charge is 0.314 e. The summed E-state index contributed by atoms with van der Waals surface area (Å²) in [5.74, 6) is 0. The number of hydrogen-bond donors (Lipinski definition) is 2. The van der Waals surface area contributed by atoms with Crippen LogP contribution in [0.3, 0.4) is 0 Å². The summed E-state index contributed by atoms with van der Waals surface area (Å²) in [4.78, 5) is 12.7. The van der Waals surface area contributed by atoms with Gasteiger partial charge >= 0.3 is 6.03 Å². The fraction of sp³-hybridized carbons (Fsp3) is 0.923. The first-order chi connectivity index (χ1) is 8.75. The number of amides is 2. The van der Waals surface area contributed by atoms with Crippen LogP contribution in [0.1, 0.15) is 38.5 Å². The van der Waals surface area contributed by atoms with Gasteiger partial charge in [-0.1, -0.05) is 0 Å². The Bertz CT molecular complexity index is 259. The Morgan fingerprint density at radius 3 is 2.67 bits per heavy atom. The number of nitrogens with zero attached hydrogens (tertiary/aromatic N) is 1. The summed E-state index contributed by atoms with van der Waals surface area (Å²) >= 11 is 0. The number of piperidine rings is 1. The molecule has 18 heavy (non-hydrogen) atoms. The van der Waals surface area contributed by atoms with Crippen molar-refractivity contribution in [3.05, 3.63) is 0 Å². The first kappa shape index (κ1) is 13.6. The fourth-order valence-electron chi connectivity index (χ4n) is 2.79. The zero-order chi connectivity index (χ0) is 12.8. The molecule has 2 heterocycles. The molecule has 0 aromatic carbocycles. The van der Waals surface area contributed by atoms with Crippen LogP contribution >= 0.6 is 0 Å². The number of urea groups is 1. The number of ether oxygens (including phenoxy) is 1. The Kier molecular flexibility index (Phi) is 5.26. The molecule has 1 unspecified atom stereocenters. The van der Waals surface area contributed by atoms with Gasteiger partial charge in [-0.2, -0.15) is 0 Å². The van der Waals surface area contributed by atoms with E-state index >= 15 is 0 Å². The van der Waals surface area contributed by atoms with E-state index < -0.39 is 0 Å². The topological polar surface area (TPSA) is 67.6 Å². The number of carbonyl (C=O) groups excluding carboxylic acids is 1. The zero-order valence-corrected chi connectivity index (χ0v) is 11.1. The average molecular weight is 255 g/mol. The lowest BCUT2D eigenvalue weighted by molar-refractivity contribution is 0.0109. The second-order valence-corrected chi connectivity index (χ2v) is 5.33. The quantitative estimate of drug-likeness (QED) is 0.790. The molecule has 2 aliphatic rings. The molecule has 0 bridgehead atoms. The average Bonchev–Trinajstić information content (AvgIpc) is 2.40. The largest absolute Gasteiger partial charge is 0.378 e. The molecule has 2 rings (SSSR count). The highest BCUT2D eigenvalue weighted by atomic mass is 16.5. The molecule has 0 spiro atoms. The number of nitrogens with two attached hydrogens (primary N) is 1. The van der Waals surface area contributed by atoms with E-state index in [1.54, 1.807) is 4.90 Å². The minimum absolute atomic E-state index is 0.288. The van der Waals surface area contributed by atoms with Crippen molar-refractivity contribution >= 4 is 6.03 Å². The third-order valence-corrected chi connectivity index (χ3v) is 3.98. The first-order valence-electron chi connectivity index (χ1n) is 7.15. The van der Waals surface area contributed by atoms with Gasteiger partial charge in [0.1, 0.15) is 0 Å². The summed E-state index contributed by atoms with van der Waals surface area (Å²) in [5.41, 5.74) is 5.26. The Hall–Kier alpha value is -0.810. The van der Waals surface area contributed by atoms with Gasteiger partial charge in [0.15, 0.2) is 0 Å². The van der Waals surface area contributed by atoms with Crippen molar-refractivity contribution in [1.82, 2.24) is 10.2 Å². The maximum Gasteiger partial charge on any atom is 0.314 e. The van der Waals surface area contributed by atoms with Crippen molar-refractivity contribution in [3.8, 4) is 0 Å². The van der Waals surface area contributed by atoms with Gasteiger partial charge in [0, 0.05) is 25.7 Å². The monoisotopic (exact) mass is 255 g/mol. The van der Waals surface area contributed by atoms with Crippen LogP contribution in [-0.2, 0) is 4.74 Å². The molecule has 0 saturated carbocycles. The number of nitrogens with one attached hydrogen (secondary N) is 1. The second kappa shape index (κ2) is 6.95. The van der Waals surface area contributed by atoms with E-state index in [2.05, 4.69) is 5.32 Å². The van der Waals surface area contributed by atoms with Crippen molar-refractivity contribution < 1.29 is 9.53 Å². The minimum Gasteiger partial charge on any atom is -0.378 e. The van der Waals surface area contributed by atoms with Crippen molar-refractivity contribution in [2.45, 2.75) is 50.7 Å². The SMILES string of the molecule is NC(=O)N1CCC(NCCC2CCCCO2)CC1. The summed E-state index contributed by atoms with van der Waals surface area (Å²) in [6.07, 6.45) is 7.31. The van der Waals surface area contributed by atoms with Gasteiger partial charge in [-0.25, -0.2) is 4.79 Å².